The van der Waals surface area contributed by atoms with Crippen LogP contribution >= 0.6 is 0 Å². The number of likely N-dealkylation sites (tertiary alicyclic amines) is 1. The van der Waals surface area contributed by atoms with Gasteiger partial charge in [0.1, 0.15) is 18.2 Å². The van der Waals surface area contributed by atoms with Gasteiger partial charge >= 0.3 is 5.97 Å². The van der Waals surface area contributed by atoms with E-state index in [4.69, 9.17) is 9.15 Å². The first kappa shape index (κ1) is 14.1. The zero-order valence-electron chi connectivity index (χ0n) is 12.4. The highest BCUT2D eigenvalue weighted by Gasteiger charge is 2.21. The van der Waals surface area contributed by atoms with Crippen molar-refractivity contribution in [1.29, 1.82) is 0 Å². The van der Waals surface area contributed by atoms with Gasteiger partial charge in [0, 0.05) is 5.39 Å². The molecule has 21 heavy (non-hydrogen) atoms. The molecule has 1 aliphatic heterocycles. The molecule has 2 heterocycles. The lowest BCUT2D eigenvalue weighted by atomic mass is 10.1. The summed E-state index contributed by atoms with van der Waals surface area (Å²) in [5.74, 6) is -0.0770. The van der Waals surface area contributed by atoms with Crippen LogP contribution in [-0.4, -0.2) is 31.7 Å². The Morgan fingerprint density at radius 2 is 2.05 bits per heavy atom. The molecule has 4 heteroatoms. The van der Waals surface area contributed by atoms with Crippen molar-refractivity contribution in [2.45, 2.75) is 32.3 Å². The molecule has 4 nitrogen and oxygen atoms in total. The predicted octanol–water partition coefficient (Wildman–Crippen LogP) is 2.05. The summed E-state index contributed by atoms with van der Waals surface area (Å²) in [5, 5.41) is 0.929. The summed E-state index contributed by atoms with van der Waals surface area (Å²) in [6.45, 7) is 5.22. The number of quaternary nitrogens is 1. The molecule has 0 saturated carbocycles. The third kappa shape index (κ3) is 3.45. The second-order valence-corrected chi connectivity index (χ2v) is 5.88. The number of hydrogen-bond acceptors (Lipinski definition) is 3. The van der Waals surface area contributed by atoms with E-state index in [9.17, 15) is 4.79 Å². The standard InChI is InChI=1S/C17H21NO3/c1-13(12-18-9-5-2-6-10-18)20-17(19)16-11-14-7-3-4-8-15(14)21-16/h3-4,7-8,11,13H,2,5-6,9-10,12H2,1H3/p+1. The Morgan fingerprint density at radius 1 is 1.29 bits per heavy atom. The maximum absolute atomic E-state index is 12.1. The van der Waals surface area contributed by atoms with E-state index in [1.807, 2.05) is 31.2 Å². The molecule has 112 valence electrons. The first-order chi connectivity index (χ1) is 10.2. The fraction of sp³-hybridized carbons (Fsp3) is 0.471. The molecule has 1 aromatic heterocycles. The Bertz CT molecular complexity index is 580. The molecule has 1 atom stereocenters. The molecular formula is C17H22NO3+. The Kier molecular flexibility index (Phi) is 4.25. The Labute approximate surface area is 124 Å². The van der Waals surface area contributed by atoms with E-state index in [1.165, 1.54) is 37.3 Å². The predicted molar refractivity (Wildman–Crippen MR) is 80.5 cm³/mol. The number of fused-ring (bicyclic) bond motifs is 1. The number of carbonyl (C=O) groups is 1. The van der Waals surface area contributed by atoms with Crippen molar-refractivity contribution in [3.63, 3.8) is 0 Å². The highest BCUT2D eigenvalue weighted by atomic mass is 16.6. The van der Waals surface area contributed by atoms with E-state index in [0.717, 1.165) is 17.5 Å². The third-order valence-electron chi connectivity index (χ3n) is 4.07. The van der Waals surface area contributed by atoms with Gasteiger partial charge in [-0.1, -0.05) is 18.2 Å². The smallest absolute Gasteiger partial charge is 0.374 e. The maximum atomic E-state index is 12.1. The van der Waals surface area contributed by atoms with Crippen molar-refractivity contribution in [2.24, 2.45) is 0 Å². The Balaban J connectivity index is 1.59. The lowest BCUT2D eigenvalue weighted by Crippen LogP contribution is -3.13. The second kappa shape index (κ2) is 6.31. The van der Waals surface area contributed by atoms with E-state index in [2.05, 4.69) is 0 Å². The molecule has 1 aliphatic rings. The quantitative estimate of drug-likeness (QED) is 0.876. The molecule has 0 aliphatic carbocycles. The van der Waals surface area contributed by atoms with Gasteiger partial charge < -0.3 is 14.1 Å². The van der Waals surface area contributed by atoms with Crippen molar-refractivity contribution in [1.82, 2.24) is 0 Å². The van der Waals surface area contributed by atoms with Gasteiger partial charge in [0.2, 0.25) is 5.76 Å². The summed E-state index contributed by atoms with van der Waals surface area (Å²) >= 11 is 0. The van der Waals surface area contributed by atoms with Gasteiger partial charge in [-0.05, 0) is 38.3 Å². The molecule has 1 fully saturated rings. The highest BCUT2D eigenvalue weighted by Crippen LogP contribution is 2.19. The zero-order valence-corrected chi connectivity index (χ0v) is 12.4. The number of furan rings is 1. The number of benzene rings is 1. The molecule has 1 saturated heterocycles. The minimum atomic E-state index is -0.366. The van der Waals surface area contributed by atoms with E-state index in [0.29, 0.717) is 0 Å². The van der Waals surface area contributed by atoms with Gasteiger partial charge in [-0.25, -0.2) is 4.79 Å². The second-order valence-electron chi connectivity index (χ2n) is 5.88. The molecule has 1 aromatic carbocycles. The summed E-state index contributed by atoms with van der Waals surface area (Å²) in [6, 6.07) is 9.35. The molecule has 1 N–H and O–H groups in total. The molecular weight excluding hydrogens is 266 g/mol. The van der Waals surface area contributed by atoms with E-state index in [1.54, 1.807) is 6.07 Å². The van der Waals surface area contributed by atoms with Crippen LogP contribution in [0.25, 0.3) is 11.0 Å². The number of para-hydroxylation sites is 1. The number of carbonyl (C=O) groups excluding carboxylic acids is 1. The number of ether oxygens (including phenoxy) is 1. The van der Waals surface area contributed by atoms with Crippen molar-refractivity contribution in [3.05, 3.63) is 36.1 Å². The van der Waals surface area contributed by atoms with Crippen LogP contribution in [0.5, 0.6) is 0 Å². The monoisotopic (exact) mass is 288 g/mol. The van der Waals surface area contributed by atoms with Crippen LogP contribution < -0.4 is 4.90 Å². The largest absolute Gasteiger partial charge is 0.451 e. The maximum Gasteiger partial charge on any atom is 0.374 e. The minimum Gasteiger partial charge on any atom is -0.451 e. The molecule has 1 unspecified atom stereocenters. The molecule has 0 bridgehead atoms. The van der Waals surface area contributed by atoms with Crippen LogP contribution in [0.2, 0.25) is 0 Å². The van der Waals surface area contributed by atoms with Gasteiger partial charge in [0.05, 0.1) is 13.1 Å². The molecule has 2 aromatic rings. The number of hydrogen-bond donors (Lipinski definition) is 1. The van der Waals surface area contributed by atoms with Crippen molar-refractivity contribution in [2.75, 3.05) is 19.6 Å². The fourth-order valence-corrected chi connectivity index (χ4v) is 3.03. The summed E-state index contributed by atoms with van der Waals surface area (Å²) in [5.41, 5.74) is 0.721. The highest BCUT2D eigenvalue weighted by molar-refractivity contribution is 5.92. The van der Waals surface area contributed by atoms with Crippen LogP contribution in [0.1, 0.15) is 36.7 Å². The van der Waals surface area contributed by atoms with Gasteiger partial charge in [-0.3, -0.25) is 0 Å². The van der Waals surface area contributed by atoms with Crippen molar-refractivity contribution >= 4 is 16.9 Å². The normalized spacial score (nSPS) is 17.8. The Morgan fingerprint density at radius 3 is 2.81 bits per heavy atom. The SMILES string of the molecule is CC(C[NH+]1CCCCC1)OC(=O)c1cc2ccccc2o1. The van der Waals surface area contributed by atoms with E-state index in [-0.39, 0.29) is 17.8 Å². The Hall–Kier alpha value is -1.81. The summed E-state index contributed by atoms with van der Waals surface area (Å²) < 4.78 is 11.1. The molecule has 0 spiro atoms. The fourth-order valence-electron chi connectivity index (χ4n) is 3.03. The number of esters is 1. The van der Waals surface area contributed by atoms with Crippen LogP contribution in [0.4, 0.5) is 0 Å². The molecule has 0 radical (unpaired) electrons. The lowest BCUT2D eigenvalue weighted by molar-refractivity contribution is -0.907. The van der Waals surface area contributed by atoms with E-state index >= 15 is 0 Å². The number of rotatable bonds is 4. The average molecular weight is 288 g/mol. The zero-order chi connectivity index (χ0) is 14.7. The van der Waals surface area contributed by atoms with Crippen LogP contribution in [-0.2, 0) is 4.74 Å². The molecule has 0 amide bonds. The van der Waals surface area contributed by atoms with Gasteiger partial charge in [0.15, 0.2) is 0 Å². The first-order valence-corrected chi connectivity index (χ1v) is 7.75. The first-order valence-electron chi connectivity index (χ1n) is 7.75. The minimum absolute atomic E-state index is 0.0844. The van der Waals surface area contributed by atoms with Gasteiger partial charge in [-0.2, -0.15) is 0 Å². The van der Waals surface area contributed by atoms with Crippen LogP contribution in [0, 0.1) is 0 Å². The van der Waals surface area contributed by atoms with Crippen molar-refractivity contribution in [3.8, 4) is 0 Å². The van der Waals surface area contributed by atoms with Gasteiger partial charge in [-0.15, -0.1) is 0 Å². The topological polar surface area (TPSA) is 43.9 Å². The lowest BCUT2D eigenvalue weighted by Gasteiger charge is -2.25. The van der Waals surface area contributed by atoms with Crippen LogP contribution in [0.15, 0.2) is 34.7 Å². The average Bonchev–Trinajstić information content (AvgIpc) is 2.92. The summed E-state index contributed by atoms with van der Waals surface area (Å²) in [6.07, 6.45) is 3.80. The summed E-state index contributed by atoms with van der Waals surface area (Å²) in [4.78, 5) is 13.7. The number of nitrogens with one attached hydrogen (secondary N) is 1. The third-order valence-corrected chi connectivity index (χ3v) is 4.07. The molecule has 3 rings (SSSR count). The van der Waals surface area contributed by atoms with Gasteiger partial charge in [0.25, 0.3) is 0 Å². The summed E-state index contributed by atoms with van der Waals surface area (Å²) in [7, 11) is 0. The van der Waals surface area contributed by atoms with Crippen LogP contribution in [0.3, 0.4) is 0 Å². The van der Waals surface area contributed by atoms with Crippen molar-refractivity contribution < 1.29 is 18.8 Å². The van der Waals surface area contributed by atoms with E-state index < -0.39 is 0 Å². The number of piperidine rings is 1.